The Bertz CT molecular complexity index is 438. The van der Waals surface area contributed by atoms with Gasteiger partial charge in [0, 0.05) is 5.02 Å². The lowest BCUT2D eigenvalue weighted by atomic mass is 9.83. The van der Waals surface area contributed by atoms with Crippen LogP contribution in [0.4, 0.5) is 0 Å². The number of halogens is 1. The molecule has 1 saturated heterocycles. The van der Waals surface area contributed by atoms with Crippen LogP contribution in [0.15, 0.2) is 12.1 Å². The summed E-state index contributed by atoms with van der Waals surface area (Å²) in [6.07, 6.45) is 4.46. The zero-order valence-corrected chi connectivity index (χ0v) is 10.9. The van der Waals surface area contributed by atoms with E-state index in [1.54, 1.807) is 0 Å². The van der Waals surface area contributed by atoms with Crippen LogP contribution in [-0.2, 0) is 6.42 Å². The topological polar surface area (TPSA) is 21.3 Å². The summed E-state index contributed by atoms with van der Waals surface area (Å²) < 4.78 is 6.35. The second kappa shape index (κ2) is 4.18. The maximum absolute atomic E-state index is 6.35. The normalized spacial score (nSPS) is 22.0. The van der Waals surface area contributed by atoms with Crippen molar-refractivity contribution in [2.24, 2.45) is 0 Å². The molecule has 1 spiro atoms. The highest BCUT2D eigenvalue weighted by Gasteiger charge is 2.37. The Morgan fingerprint density at radius 3 is 2.76 bits per heavy atom. The van der Waals surface area contributed by atoms with Crippen molar-refractivity contribution < 1.29 is 4.74 Å². The highest BCUT2D eigenvalue weighted by atomic mass is 35.5. The minimum absolute atomic E-state index is 0.0802. The molecule has 2 aliphatic rings. The van der Waals surface area contributed by atoms with Gasteiger partial charge in [0.15, 0.2) is 0 Å². The van der Waals surface area contributed by atoms with Gasteiger partial charge in [-0.25, -0.2) is 0 Å². The van der Waals surface area contributed by atoms with E-state index >= 15 is 0 Å². The van der Waals surface area contributed by atoms with Crippen molar-refractivity contribution in [1.29, 1.82) is 0 Å². The fourth-order valence-electron chi connectivity index (χ4n) is 3.00. The van der Waals surface area contributed by atoms with Gasteiger partial charge in [-0.2, -0.15) is 0 Å². The number of benzene rings is 1. The maximum Gasteiger partial charge on any atom is 0.126 e. The number of ether oxygens (including phenoxy) is 1. The lowest BCUT2D eigenvalue weighted by Gasteiger charge is -2.42. The van der Waals surface area contributed by atoms with Crippen molar-refractivity contribution in [1.82, 2.24) is 5.32 Å². The van der Waals surface area contributed by atoms with Crippen molar-refractivity contribution in [2.75, 3.05) is 13.1 Å². The molecule has 0 radical (unpaired) electrons. The van der Waals surface area contributed by atoms with E-state index in [9.17, 15) is 0 Å². The summed E-state index contributed by atoms with van der Waals surface area (Å²) in [4.78, 5) is 0. The fourth-order valence-corrected chi connectivity index (χ4v) is 3.29. The molecular formula is C14H18ClNO. The fraction of sp³-hybridized carbons (Fsp3) is 0.571. The van der Waals surface area contributed by atoms with Gasteiger partial charge in [-0.05, 0) is 69.0 Å². The SMILES string of the molecule is Cc1cc(Cl)cc2c1OC1(CCNCC1)CC2. The molecular weight excluding hydrogens is 234 g/mol. The second-order valence-electron chi connectivity index (χ2n) is 5.25. The van der Waals surface area contributed by atoms with Gasteiger partial charge in [-0.1, -0.05) is 11.6 Å². The van der Waals surface area contributed by atoms with Crippen LogP contribution in [0, 0.1) is 6.92 Å². The number of fused-ring (bicyclic) bond motifs is 1. The lowest BCUT2D eigenvalue weighted by molar-refractivity contribution is 0.0163. The first kappa shape index (κ1) is 11.4. The van der Waals surface area contributed by atoms with Gasteiger partial charge in [-0.15, -0.1) is 0 Å². The molecule has 2 heterocycles. The molecule has 2 nitrogen and oxygen atoms in total. The minimum Gasteiger partial charge on any atom is -0.487 e. The highest BCUT2D eigenvalue weighted by Crippen LogP contribution is 2.41. The predicted octanol–water partition coefficient (Wildman–Crippen LogP) is 3.10. The van der Waals surface area contributed by atoms with Crippen molar-refractivity contribution in [3.8, 4) is 5.75 Å². The van der Waals surface area contributed by atoms with Crippen LogP contribution in [0.2, 0.25) is 5.02 Å². The van der Waals surface area contributed by atoms with E-state index in [0.717, 1.165) is 49.5 Å². The van der Waals surface area contributed by atoms with Crippen molar-refractivity contribution >= 4 is 11.6 Å². The van der Waals surface area contributed by atoms with Crippen molar-refractivity contribution in [3.63, 3.8) is 0 Å². The quantitative estimate of drug-likeness (QED) is 0.765. The van der Waals surface area contributed by atoms with Crippen molar-refractivity contribution in [2.45, 2.75) is 38.2 Å². The molecule has 0 saturated carbocycles. The van der Waals surface area contributed by atoms with Gasteiger partial charge in [0.1, 0.15) is 11.4 Å². The molecule has 0 unspecified atom stereocenters. The number of hydrogen-bond acceptors (Lipinski definition) is 2. The van der Waals surface area contributed by atoms with Crippen LogP contribution in [0.1, 0.15) is 30.4 Å². The van der Waals surface area contributed by atoms with Gasteiger partial charge in [0.2, 0.25) is 0 Å². The molecule has 0 aliphatic carbocycles. The van der Waals surface area contributed by atoms with E-state index in [4.69, 9.17) is 16.3 Å². The Morgan fingerprint density at radius 1 is 1.24 bits per heavy atom. The Morgan fingerprint density at radius 2 is 2.00 bits per heavy atom. The van der Waals surface area contributed by atoms with E-state index in [2.05, 4.69) is 18.3 Å². The summed E-state index contributed by atoms with van der Waals surface area (Å²) in [7, 11) is 0. The predicted molar refractivity (Wildman–Crippen MR) is 70.0 cm³/mol. The number of rotatable bonds is 0. The maximum atomic E-state index is 6.35. The molecule has 1 fully saturated rings. The average Bonchev–Trinajstić information content (AvgIpc) is 2.32. The highest BCUT2D eigenvalue weighted by molar-refractivity contribution is 6.30. The zero-order chi connectivity index (χ0) is 11.9. The van der Waals surface area contributed by atoms with Crippen LogP contribution in [0.3, 0.4) is 0 Å². The Hall–Kier alpha value is -0.730. The van der Waals surface area contributed by atoms with E-state index < -0.39 is 0 Å². The number of nitrogens with one attached hydrogen (secondary N) is 1. The Labute approximate surface area is 107 Å². The first-order valence-corrected chi connectivity index (χ1v) is 6.75. The van der Waals surface area contributed by atoms with Crippen LogP contribution in [0.25, 0.3) is 0 Å². The minimum atomic E-state index is 0.0802. The van der Waals surface area contributed by atoms with Crippen LogP contribution in [0.5, 0.6) is 5.75 Å². The monoisotopic (exact) mass is 251 g/mol. The van der Waals surface area contributed by atoms with Gasteiger partial charge < -0.3 is 10.1 Å². The molecule has 0 bridgehead atoms. The standard InChI is InChI=1S/C14H18ClNO/c1-10-8-12(15)9-11-2-3-14(17-13(10)11)4-6-16-7-5-14/h8-9,16H,2-7H2,1H3. The molecule has 17 heavy (non-hydrogen) atoms. The molecule has 92 valence electrons. The average molecular weight is 252 g/mol. The summed E-state index contributed by atoms with van der Waals surface area (Å²) >= 11 is 6.09. The molecule has 1 N–H and O–H groups in total. The zero-order valence-electron chi connectivity index (χ0n) is 10.2. The van der Waals surface area contributed by atoms with Crippen LogP contribution < -0.4 is 10.1 Å². The molecule has 1 aromatic carbocycles. The van der Waals surface area contributed by atoms with Gasteiger partial charge in [0.25, 0.3) is 0 Å². The number of aryl methyl sites for hydroxylation is 2. The van der Waals surface area contributed by atoms with E-state index in [-0.39, 0.29) is 5.60 Å². The van der Waals surface area contributed by atoms with E-state index in [1.165, 1.54) is 11.1 Å². The first-order valence-electron chi connectivity index (χ1n) is 6.37. The summed E-state index contributed by atoms with van der Waals surface area (Å²) in [6, 6.07) is 4.05. The van der Waals surface area contributed by atoms with E-state index in [1.807, 2.05) is 6.07 Å². The third-order valence-corrected chi connectivity index (χ3v) is 4.22. The third kappa shape index (κ3) is 2.04. The van der Waals surface area contributed by atoms with Crippen molar-refractivity contribution in [3.05, 3.63) is 28.3 Å². The molecule has 2 aliphatic heterocycles. The largest absolute Gasteiger partial charge is 0.487 e. The molecule has 0 amide bonds. The molecule has 3 rings (SSSR count). The second-order valence-corrected chi connectivity index (χ2v) is 5.68. The Balaban J connectivity index is 1.94. The first-order chi connectivity index (χ1) is 8.19. The van der Waals surface area contributed by atoms with Gasteiger partial charge >= 0.3 is 0 Å². The van der Waals surface area contributed by atoms with E-state index in [0.29, 0.717) is 0 Å². The smallest absolute Gasteiger partial charge is 0.126 e. The molecule has 0 aromatic heterocycles. The third-order valence-electron chi connectivity index (χ3n) is 4.00. The summed E-state index contributed by atoms with van der Waals surface area (Å²) in [6.45, 7) is 4.23. The van der Waals surface area contributed by atoms with Crippen LogP contribution >= 0.6 is 11.6 Å². The Kier molecular flexibility index (Phi) is 2.80. The van der Waals surface area contributed by atoms with Gasteiger partial charge in [0.05, 0.1) is 0 Å². The number of hydrogen-bond donors (Lipinski definition) is 1. The lowest BCUT2D eigenvalue weighted by Crippen LogP contribution is -2.48. The summed E-state index contributed by atoms with van der Waals surface area (Å²) in [5.74, 6) is 1.09. The van der Waals surface area contributed by atoms with Crippen LogP contribution in [-0.4, -0.2) is 18.7 Å². The number of piperidine rings is 1. The molecule has 3 heteroatoms. The summed E-state index contributed by atoms with van der Waals surface area (Å²) in [5.41, 5.74) is 2.53. The summed E-state index contributed by atoms with van der Waals surface area (Å²) in [5, 5.41) is 4.23. The molecule has 1 aromatic rings. The van der Waals surface area contributed by atoms with Gasteiger partial charge in [-0.3, -0.25) is 0 Å². The molecule has 0 atom stereocenters.